The number of aryl methyl sites for hydroxylation is 1. The Balaban J connectivity index is 1.90. The van der Waals surface area contributed by atoms with Crippen LogP contribution in [0.1, 0.15) is 5.69 Å². The van der Waals surface area contributed by atoms with Crippen molar-refractivity contribution in [2.24, 2.45) is 0 Å². The lowest BCUT2D eigenvalue weighted by atomic mass is 9.98. The summed E-state index contributed by atoms with van der Waals surface area (Å²) in [5, 5.41) is 16.4. The highest BCUT2D eigenvalue weighted by molar-refractivity contribution is 5.97. The van der Waals surface area contributed by atoms with Gasteiger partial charge in [0.15, 0.2) is 6.61 Å². The van der Waals surface area contributed by atoms with Crippen molar-refractivity contribution in [3.05, 3.63) is 54.0 Å². The smallest absolute Gasteiger partial charge is 0.262 e. The minimum Gasteiger partial charge on any atom is -0.482 e. The van der Waals surface area contributed by atoms with Crippen LogP contribution in [0.15, 0.2) is 42.5 Å². The van der Waals surface area contributed by atoms with Gasteiger partial charge in [-0.15, -0.1) is 0 Å². The van der Waals surface area contributed by atoms with Crippen molar-refractivity contribution in [2.75, 3.05) is 11.9 Å². The van der Waals surface area contributed by atoms with Gasteiger partial charge in [-0.2, -0.15) is 10.4 Å². The topological polar surface area (TPSA) is 79.9 Å². The molecule has 6 nitrogen and oxygen atoms in total. The number of rotatable bonds is 3. The Labute approximate surface area is 154 Å². The summed E-state index contributed by atoms with van der Waals surface area (Å²) in [6.07, 6.45) is 0. The number of anilines is 1. The number of hydrogen-bond donors (Lipinski definition) is 1. The molecule has 7 heteroatoms. The monoisotopic (exact) mass is 362 g/mol. The van der Waals surface area contributed by atoms with E-state index in [4.69, 9.17) is 10.00 Å². The van der Waals surface area contributed by atoms with Gasteiger partial charge in [-0.1, -0.05) is 6.07 Å². The SMILES string of the molecule is Cc1nn(CC#N)c(-c2ccc(F)cc2)c1-c1ccc2c(c1)NC(=O)CO2. The number of halogens is 1. The molecule has 1 N–H and O–H groups in total. The molecule has 27 heavy (non-hydrogen) atoms. The first-order chi connectivity index (χ1) is 13.1. The third-order valence-electron chi connectivity index (χ3n) is 4.37. The van der Waals surface area contributed by atoms with Crippen molar-refractivity contribution < 1.29 is 13.9 Å². The minimum atomic E-state index is -0.336. The first kappa shape index (κ1) is 16.8. The van der Waals surface area contributed by atoms with Gasteiger partial charge in [0.2, 0.25) is 0 Å². The highest BCUT2D eigenvalue weighted by atomic mass is 19.1. The number of ether oxygens (including phenoxy) is 1. The average Bonchev–Trinajstić information content (AvgIpc) is 2.98. The number of amides is 1. The normalized spacial score (nSPS) is 12.7. The molecule has 0 spiro atoms. The fourth-order valence-corrected chi connectivity index (χ4v) is 3.25. The van der Waals surface area contributed by atoms with Gasteiger partial charge in [-0.25, -0.2) is 9.07 Å². The summed E-state index contributed by atoms with van der Waals surface area (Å²) in [5.41, 5.74) is 4.42. The molecule has 1 aliphatic rings. The van der Waals surface area contributed by atoms with E-state index in [1.54, 1.807) is 22.9 Å². The van der Waals surface area contributed by atoms with E-state index >= 15 is 0 Å². The van der Waals surface area contributed by atoms with Gasteiger partial charge in [0.1, 0.15) is 18.1 Å². The third-order valence-corrected chi connectivity index (χ3v) is 4.37. The summed E-state index contributed by atoms with van der Waals surface area (Å²) in [6.45, 7) is 1.91. The van der Waals surface area contributed by atoms with Crippen LogP contribution in [0.2, 0.25) is 0 Å². The molecule has 0 unspecified atom stereocenters. The van der Waals surface area contributed by atoms with Crippen molar-refractivity contribution in [3.63, 3.8) is 0 Å². The lowest BCUT2D eigenvalue weighted by Gasteiger charge is -2.19. The molecule has 1 aliphatic heterocycles. The maximum atomic E-state index is 13.4. The molecule has 0 bridgehead atoms. The first-order valence-electron chi connectivity index (χ1n) is 8.34. The summed E-state index contributed by atoms with van der Waals surface area (Å²) in [6, 6.07) is 13.7. The van der Waals surface area contributed by atoms with Crippen LogP contribution in [-0.2, 0) is 11.3 Å². The van der Waals surface area contributed by atoms with Crippen LogP contribution < -0.4 is 10.1 Å². The van der Waals surface area contributed by atoms with Gasteiger partial charge in [0, 0.05) is 11.1 Å². The van der Waals surface area contributed by atoms with Crippen molar-refractivity contribution in [1.29, 1.82) is 5.26 Å². The second-order valence-electron chi connectivity index (χ2n) is 6.18. The van der Waals surface area contributed by atoms with Crippen LogP contribution in [0.3, 0.4) is 0 Å². The second kappa shape index (κ2) is 6.57. The molecular formula is C20H15FN4O2. The number of fused-ring (bicyclic) bond motifs is 1. The van der Waals surface area contributed by atoms with Crippen molar-refractivity contribution >= 4 is 11.6 Å². The number of carbonyl (C=O) groups excluding carboxylic acids is 1. The van der Waals surface area contributed by atoms with Gasteiger partial charge < -0.3 is 10.1 Å². The van der Waals surface area contributed by atoms with Crippen LogP contribution in [0.4, 0.5) is 10.1 Å². The number of nitriles is 1. The van der Waals surface area contributed by atoms with Crippen molar-refractivity contribution in [2.45, 2.75) is 13.5 Å². The van der Waals surface area contributed by atoms with E-state index in [0.29, 0.717) is 11.4 Å². The largest absolute Gasteiger partial charge is 0.482 e. The molecule has 0 atom stereocenters. The van der Waals surface area contributed by atoms with Gasteiger partial charge >= 0.3 is 0 Å². The van der Waals surface area contributed by atoms with Crippen LogP contribution in [0.5, 0.6) is 5.75 Å². The molecule has 134 valence electrons. The maximum Gasteiger partial charge on any atom is 0.262 e. The molecule has 0 aliphatic carbocycles. The molecule has 1 amide bonds. The molecule has 0 saturated heterocycles. The highest BCUT2D eigenvalue weighted by Gasteiger charge is 2.22. The zero-order chi connectivity index (χ0) is 19.0. The Kier molecular flexibility index (Phi) is 4.09. The Morgan fingerprint density at radius 3 is 2.74 bits per heavy atom. The fraction of sp³-hybridized carbons (Fsp3) is 0.150. The standard InChI is InChI=1S/C20H15FN4O2/c1-12-19(14-4-7-17-16(10-14)23-18(26)11-27-17)20(25(24-12)9-8-22)13-2-5-15(21)6-3-13/h2-7,10H,9,11H2,1H3,(H,23,26). The van der Waals surface area contributed by atoms with E-state index in [1.165, 1.54) is 12.1 Å². The fourth-order valence-electron chi connectivity index (χ4n) is 3.25. The zero-order valence-corrected chi connectivity index (χ0v) is 14.5. The molecule has 0 fully saturated rings. The lowest BCUT2D eigenvalue weighted by Crippen LogP contribution is -2.25. The average molecular weight is 362 g/mol. The van der Waals surface area contributed by atoms with E-state index in [9.17, 15) is 9.18 Å². The highest BCUT2D eigenvalue weighted by Crippen LogP contribution is 2.39. The quantitative estimate of drug-likeness (QED) is 0.773. The second-order valence-corrected chi connectivity index (χ2v) is 6.18. The number of carbonyl (C=O) groups is 1. The third kappa shape index (κ3) is 3.02. The predicted molar refractivity (Wildman–Crippen MR) is 97.5 cm³/mol. The van der Waals surface area contributed by atoms with Gasteiger partial charge in [0.05, 0.1) is 23.1 Å². The Morgan fingerprint density at radius 2 is 2.00 bits per heavy atom. The number of benzene rings is 2. The first-order valence-corrected chi connectivity index (χ1v) is 8.34. The summed E-state index contributed by atoms with van der Waals surface area (Å²) in [5.74, 6) is 0.0519. The molecule has 1 aromatic heterocycles. The number of nitrogens with zero attached hydrogens (tertiary/aromatic N) is 3. The van der Waals surface area contributed by atoms with Crippen molar-refractivity contribution in [3.8, 4) is 34.2 Å². The molecule has 2 aromatic carbocycles. The van der Waals surface area contributed by atoms with Crippen LogP contribution in [0.25, 0.3) is 22.4 Å². The van der Waals surface area contributed by atoms with E-state index in [2.05, 4.69) is 16.5 Å². The summed E-state index contributed by atoms with van der Waals surface area (Å²) in [4.78, 5) is 11.6. The molecular weight excluding hydrogens is 347 g/mol. The molecule has 3 aromatic rings. The Morgan fingerprint density at radius 1 is 1.26 bits per heavy atom. The maximum absolute atomic E-state index is 13.4. The summed E-state index contributed by atoms with van der Waals surface area (Å²) < 4.78 is 20.4. The zero-order valence-electron chi connectivity index (χ0n) is 14.5. The van der Waals surface area contributed by atoms with E-state index in [1.807, 2.05) is 19.1 Å². The molecule has 0 radical (unpaired) electrons. The van der Waals surface area contributed by atoms with E-state index < -0.39 is 0 Å². The van der Waals surface area contributed by atoms with Gasteiger partial charge in [-0.05, 0) is 48.9 Å². The van der Waals surface area contributed by atoms with Crippen LogP contribution in [-0.4, -0.2) is 22.3 Å². The minimum absolute atomic E-state index is 0.00763. The lowest BCUT2D eigenvalue weighted by molar-refractivity contribution is -0.118. The molecule has 2 heterocycles. The summed E-state index contributed by atoms with van der Waals surface area (Å²) in [7, 11) is 0. The van der Waals surface area contributed by atoms with Gasteiger partial charge in [-0.3, -0.25) is 4.79 Å². The Bertz CT molecular complexity index is 1080. The Hall–Kier alpha value is -3.66. The number of aromatic nitrogens is 2. The summed E-state index contributed by atoms with van der Waals surface area (Å²) >= 11 is 0. The molecule has 0 saturated carbocycles. The molecule has 4 rings (SSSR count). The van der Waals surface area contributed by atoms with Crippen molar-refractivity contribution in [1.82, 2.24) is 9.78 Å². The van der Waals surface area contributed by atoms with Crippen LogP contribution >= 0.6 is 0 Å². The van der Waals surface area contributed by atoms with Crippen LogP contribution in [0, 0.1) is 24.1 Å². The van der Waals surface area contributed by atoms with E-state index in [0.717, 1.165) is 28.1 Å². The number of nitrogens with one attached hydrogen (secondary N) is 1. The van der Waals surface area contributed by atoms with Gasteiger partial charge in [0.25, 0.3) is 5.91 Å². The number of hydrogen-bond acceptors (Lipinski definition) is 4. The van der Waals surface area contributed by atoms with E-state index in [-0.39, 0.29) is 24.9 Å². The predicted octanol–water partition coefficient (Wildman–Crippen LogP) is 3.52.